The number of amides is 1. The van der Waals surface area contributed by atoms with Crippen LogP contribution in [-0.4, -0.2) is 61.5 Å². The van der Waals surface area contributed by atoms with E-state index in [1.165, 1.54) is 37.7 Å². The van der Waals surface area contributed by atoms with Crippen molar-refractivity contribution in [1.29, 1.82) is 0 Å². The third-order valence-corrected chi connectivity index (χ3v) is 6.93. The summed E-state index contributed by atoms with van der Waals surface area (Å²) in [7, 11) is 2.94. The molecular formula is C22H21N3O6S. The van der Waals surface area contributed by atoms with Crippen LogP contribution >= 0.6 is 11.3 Å². The second-order valence-electron chi connectivity index (χ2n) is 7.65. The van der Waals surface area contributed by atoms with Gasteiger partial charge in [-0.1, -0.05) is 11.3 Å². The number of carbonyl (C=O) groups excluding carboxylic acids is 1. The molecule has 3 aromatic rings. The number of rotatable bonds is 6. The first-order valence-corrected chi connectivity index (χ1v) is 10.9. The molecule has 1 aromatic heterocycles. The molecule has 2 atom stereocenters. The van der Waals surface area contributed by atoms with Crippen molar-refractivity contribution in [3.05, 3.63) is 41.5 Å². The molecule has 32 heavy (non-hydrogen) atoms. The molecule has 2 N–H and O–H groups in total. The Hall–Kier alpha value is -3.37. The quantitative estimate of drug-likeness (QED) is 0.583. The Morgan fingerprint density at radius 3 is 2.62 bits per heavy atom. The number of nitrogens with zero attached hydrogens (tertiary/aromatic N) is 2. The highest BCUT2D eigenvalue weighted by atomic mass is 32.1. The van der Waals surface area contributed by atoms with E-state index >= 15 is 0 Å². The van der Waals surface area contributed by atoms with Gasteiger partial charge in [-0.15, -0.1) is 0 Å². The lowest BCUT2D eigenvalue weighted by Gasteiger charge is -2.52. The van der Waals surface area contributed by atoms with Gasteiger partial charge in [-0.2, -0.15) is 0 Å². The molecule has 3 heterocycles. The van der Waals surface area contributed by atoms with Gasteiger partial charge >= 0.3 is 5.97 Å². The van der Waals surface area contributed by atoms with E-state index in [4.69, 9.17) is 19.2 Å². The first-order valence-electron chi connectivity index (χ1n) is 10.1. The second kappa shape index (κ2) is 7.95. The molecule has 2 bridgehead atoms. The minimum atomic E-state index is -1.17. The van der Waals surface area contributed by atoms with Crippen LogP contribution in [0.2, 0.25) is 0 Å². The van der Waals surface area contributed by atoms with E-state index in [0.29, 0.717) is 52.6 Å². The standard InChI is InChI=1S/C22H21N3O6S/c1-29-13-3-4-15(14(8-13)21(27)28)23-20(26)18-17(30-2)6-5-16-19(18)32-22(24-16)25-11-7-12(25)10-31-9-11/h3-6,8,11-12H,7,9-10H2,1-2H3,(H,23,26)(H,27,28). The number of anilines is 2. The number of fused-ring (bicyclic) bond motifs is 3. The van der Waals surface area contributed by atoms with Gasteiger partial charge in [0.15, 0.2) is 5.13 Å². The minimum absolute atomic E-state index is 0.0674. The van der Waals surface area contributed by atoms with Gasteiger partial charge in [-0.3, -0.25) is 4.79 Å². The van der Waals surface area contributed by atoms with Crippen LogP contribution in [0.1, 0.15) is 27.1 Å². The zero-order chi connectivity index (χ0) is 22.4. The maximum atomic E-state index is 13.3. The van der Waals surface area contributed by atoms with Crippen LogP contribution in [0.3, 0.4) is 0 Å². The number of carbonyl (C=O) groups is 2. The fraction of sp³-hybridized carbons (Fsp3) is 0.318. The van der Waals surface area contributed by atoms with Crippen LogP contribution in [0.15, 0.2) is 30.3 Å². The number of ether oxygens (including phenoxy) is 3. The monoisotopic (exact) mass is 455 g/mol. The van der Waals surface area contributed by atoms with Gasteiger partial charge in [0.2, 0.25) is 0 Å². The number of aromatic carboxylic acids is 1. The molecule has 10 heteroatoms. The van der Waals surface area contributed by atoms with Crippen LogP contribution in [0.25, 0.3) is 10.2 Å². The van der Waals surface area contributed by atoms with Gasteiger partial charge < -0.3 is 29.5 Å². The number of thiazole rings is 1. The molecule has 9 nitrogen and oxygen atoms in total. The zero-order valence-corrected chi connectivity index (χ0v) is 18.3. The molecule has 0 spiro atoms. The lowest BCUT2D eigenvalue weighted by atomic mass is 9.92. The first kappa shape index (κ1) is 20.5. The summed E-state index contributed by atoms with van der Waals surface area (Å²) in [6, 6.07) is 8.61. The van der Waals surface area contributed by atoms with E-state index < -0.39 is 11.9 Å². The van der Waals surface area contributed by atoms with Crippen molar-refractivity contribution in [2.75, 3.05) is 37.7 Å². The Morgan fingerprint density at radius 1 is 1.19 bits per heavy atom. The van der Waals surface area contributed by atoms with Gasteiger partial charge in [0.1, 0.15) is 17.1 Å². The average molecular weight is 455 g/mol. The van der Waals surface area contributed by atoms with E-state index in [-0.39, 0.29) is 11.3 Å². The molecule has 2 fully saturated rings. The molecule has 0 saturated carbocycles. The molecule has 2 saturated heterocycles. The Morgan fingerprint density at radius 2 is 1.97 bits per heavy atom. The lowest BCUT2D eigenvalue weighted by molar-refractivity contribution is 0.0103. The molecule has 166 valence electrons. The number of methoxy groups -OCH3 is 2. The van der Waals surface area contributed by atoms with Crippen molar-refractivity contribution in [3.8, 4) is 11.5 Å². The fourth-order valence-corrected chi connectivity index (χ4v) is 5.47. The molecule has 5 rings (SSSR count). The minimum Gasteiger partial charge on any atom is -0.497 e. The van der Waals surface area contributed by atoms with Crippen molar-refractivity contribution in [2.24, 2.45) is 0 Å². The molecule has 2 aromatic carbocycles. The molecule has 2 unspecified atom stereocenters. The summed E-state index contributed by atoms with van der Waals surface area (Å²) < 4.78 is 16.8. The van der Waals surface area contributed by atoms with Crippen LogP contribution in [0.5, 0.6) is 11.5 Å². The van der Waals surface area contributed by atoms with E-state index in [2.05, 4.69) is 10.2 Å². The third kappa shape index (κ3) is 3.32. The normalized spacial score (nSPS) is 19.4. The van der Waals surface area contributed by atoms with Crippen molar-refractivity contribution in [2.45, 2.75) is 18.5 Å². The van der Waals surface area contributed by atoms with Crippen LogP contribution in [0.4, 0.5) is 10.8 Å². The van der Waals surface area contributed by atoms with E-state index in [0.717, 1.165) is 11.6 Å². The van der Waals surface area contributed by atoms with E-state index in [1.807, 2.05) is 6.07 Å². The predicted molar refractivity (Wildman–Crippen MR) is 120 cm³/mol. The van der Waals surface area contributed by atoms with E-state index in [1.54, 1.807) is 12.1 Å². The van der Waals surface area contributed by atoms with Crippen molar-refractivity contribution in [3.63, 3.8) is 0 Å². The number of benzene rings is 2. The highest BCUT2D eigenvalue weighted by Crippen LogP contribution is 2.42. The number of aromatic nitrogens is 1. The topological polar surface area (TPSA) is 110 Å². The van der Waals surface area contributed by atoms with Gasteiger partial charge in [-0.25, -0.2) is 9.78 Å². The van der Waals surface area contributed by atoms with Crippen molar-refractivity contribution in [1.82, 2.24) is 4.98 Å². The predicted octanol–water partition coefficient (Wildman–Crippen LogP) is 3.24. The van der Waals surface area contributed by atoms with Gasteiger partial charge in [0.05, 0.1) is 61.0 Å². The largest absolute Gasteiger partial charge is 0.497 e. The van der Waals surface area contributed by atoms with Crippen molar-refractivity contribution < 1.29 is 28.9 Å². The number of nitrogens with one attached hydrogen (secondary N) is 1. The second-order valence-corrected chi connectivity index (χ2v) is 8.62. The number of carboxylic acid groups (broad SMARTS) is 1. The van der Waals surface area contributed by atoms with Gasteiger partial charge in [0, 0.05) is 0 Å². The Bertz CT molecular complexity index is 1210. The smallest absolute Gasteiger partial charge is 0.337 e. The van der Waals surface area contributed by atoms with E-state index in [9.17, 15) is 14.7 Å². The summed E-state index contributed by atoms with van der Waals surface area (Å²) in [4.78, 5) is 32.0. The Balaban J connectivity index is 1.53. The maximum absolute atomic E-state index is 13.3. The first-order chi connectivity index (χ1) is 15.5. The molecule has 1 amide bonds. The van der Waals surface area contributed by atoms with Gasteiger partial charge in [0.25, 0.3) is 5.91 Å². The average Bonchev–Trinajstić information content (AvgIpc) is 3.21. The summed E-state index contributed by atoms with van der Waals surface area (Å²) in [6.07, 6.45) is 1.09. The summed E-state index contributed by atoms with van der Waals surface area (Å²) in [6.45, 7) is 1.36. The number of carboxylic acids is 1. The number of hydrogen-bond donors (Lipinski definition) is 2. The maximum Gasteiger partial charge on any atom is 0.337 e. The third-order valence-electron chi connectivity index (χ3n) is 5.83. The van der Waals surface area contributed by atoms with Crippen LogP contribution in [0, 0.1) is 0 Å². The molecule has 0 radical (unpaired) electrons. The van der Waals surface area contributed by atoms with Crippen LogP contribution < -0.4 is 19.7 Å². The molecule has 2 aliphatic heterocycles. The number of morpholine rings is 1. The molecule has 0 aliphatic carbocycles. The molecular weight excluding hydrogens is 434 g/mol. The van der Waals surface area contributed by atoms with Crippen molar-refractivity contribution >= 4 is 44.2 Å². The lowest BCUT2D eigenvalue weighted by Crippen LogP contribution is -2.64. The SMILES string of the molecule is COc1ccc(NC(=O)c2c(OC)ccc3nc(N4C5COCC4C5)sc23)c(C(=O)O)c1. The van der Waals surface area contributed by atoms with Gasteiger partial charge in [-0.05, 0) is 36.8 Å². The number of hydrogen-bond acceptors (Lipinski definition) is 8. The Labute approximate surface area is 187 Å². The zero-order valence-electron chi connectivity index (χ0n) is 17.5. The summed E-state index contributed by atoms with van der Waals surface area (Å²) >= 11 is 1.43. The summed E-state index contributed by atoms with van der Waals surface area (Å²) in [5, 5.41) is 13.1. The molecule has 2 aliphatic rings. The van der Waals surface area contributed by atoms with Crippen LogP contribution in [-0.2, 0) is 4.74 Å². The summed E-state index contributed by atoms with van der Waals surface area (Å²) in [5.41, 5.74) is 1.11. The highest BCUT2D eigenvalue weighted by molar-refractivity contribution is 7.22. The highest BCUT2D eigenvalue weighted by Gasteiger charge is 2.44. The summed E-state index contributed by atoms with van der Waals surface area (Å²) in [5.74, 6) is -0.863. The fourth-order valence-electron chi connectivity index (χ4n) is 4.23. The Kier molecular flexibility index (Phi) is 5.10.